The molecule has 0 unspecified atom stereocenters. The highest BCUT2D eigenvalue weighted by molar-refractivity contribution is 5.95. The molecule has 1 saturated heterocycles. The van der Waals surface area contributed by atoms with E-state index in [1.165, 1.54) is 12.8 Å². The number of carbonyl (C=O) groups is 2. The Labute approximate surface area is 165 Å². The number of piperazine rings is 1. The predicted octanol–water partition coefficient (Wildman–Crippen LogP) is 3.16. The van der Waals surface area contributed by atoms with E-state index in [2.05, 4.69) is 10.3 Å². The number of carbonyl (C=O) groups excluding carboxylic acids is 2. The summed E-state index contributed by atoms with van der Waals surface area (Å²) >= 11 is 0. The van der Waals surface area contributed by atoms with E-state index in [1.807, 2.05) is 52.3 Å². The van der Waals surface area contributed by atoms with E-state index in [9.17, 15) is 9.59 Å². The van der Waals surface area contributed by atoms with Gasteiger partial charge in [0.1, 0.15) is 0 Å². The number of benzene rings is 1. The van der Waals surface area contributed by atoms with Gasteiger partial charge >= 0.3 is 6.03 Å². The van der Waals surface area contributed by atoms with E-state index in [0.29, 0.717) is 37.8 Å². The molecule has 0 atom stereocenters. The van der Waals surface area contributed by atoms with Crippen LogP contribution in [-0.2, 0) is 0 Å². The molecule has 2 fully saturated rings. The topological polar surface area (TPSA) is 65.5 Å². The molecule has 146 valence electrons. The summed E-state index contributed by atoms with van der Waals surface area (Å²) in [5.74, 6) is 0.00799. The monoisotopic (exact) mass is 378 g/mol. The fourth-order valence-electron chi connectivity index (χ4n) is 3.98. The Morgan fingerprint density at radius 2 is 1.68 bits per heavy atom. The van der Waals surface area contributed by atoms with Gasteiger partial charge in [-0.15, -0.1) is 0 Å². The Bertz CT molecular complexity index is 825. The Hall–Kier alpha value is -2.89. The molecule has 3 amide bonds. The summed E-state index contributed by atoms with van der Waals surface area (Å²) in [6.45, 7) is 2.27. The number of urea groups is 1. The molecular weight excluding hydrogens is 352 g/mol. The van der Waals surface area contributed by atoms with Gasteiger partial charge in [-0.1, -0.05) is 31.0 Å². The van der Waals surface area contributed by atoms with Crippen LogP contribution >= 0.6 is 0 Å². The first kappa shape index (κ1) is 18.5. The maximum Gasteiger partial charge on any atom is 0.317 e. The van der Waals surface area contributed by atoms with Gasteiger partial charge < -0.3 is 15.1 Å². The Morgan fingerprint density at radius 3 is 2.39 bits per heavy atom. The molecule has 6 nitrogen and oxygen atoms in total. The second kappa shape index (κ2) is 8.42. The van der Waals surface area contributed by atoms with Crippen molar-refractivity contribution in [3.63, 3.8) is 0 Å². The summed E-state index contributed by atoms with van der Waals surface area (Å²) in [6, 6.07) is 13.7. The van der Waals surface area contributed by atoms with Crippen LogP contribution in [0.1, 0.15) is 36.0 Å². The van der Waals surface area contributed by atoms with Crippen LogP contribution in [0.15, 0.2) is 48.7 Å². The molecule has 28 heavy (non-hydrogen) atoms. The molecule has 0 bridgehead atoms. The first-order chi connectivity index (χ1) is 13.7. The van der Waals surface area contributed by atoms with E-state index in [4.69, 9.17) is 0 Å². The van der Waals surface area contributed by atoms with Crippen molar-refractivity contribution in [2.24, 2.45) is 0 Å². The number of rotatable bonds is 3. The number of hydrogen-bond donors (Lipinski definition) is 1. The summed E-state index contributed by atoms with van der Waals surface area (Å²) in [5, 5.41) is 3.13. The minimum absolute atomic E-state index is 0.00799. The zero-order valence-corrected chi connectivity index (χ0v) is 16.0. The third-order valence-electron chi connectivity index (χ3n) is 5.61. The molecule has 2 heterocycles. The lowest BCUT2D eigenvalue weighted by Gasteiger charge is -2.35. The van der Waals surface area contributed by atoms with Crippen molar-refractivity contribution >= 4 is 11.9 Å². The van der Waals surface area contributed by atoms with Crippen LogP contribution in [0.4, 0.5) is 4.79 Å². The molecule has 6 heteroatoms. The van der Waals surface area contributed by atoms with Crippen molar-refractivity contribution in [1.82, 2.24) is 20.1 Å². The lowest BCUT2D eigenvalue weighted by atomic mass is 10.1. The zero-order valence-electron chi connectivity index (χ0n) is 16.0. The maximum atomic E-state index is 12.9. The van der Waals surface area contributed by atoms with Gasteiger partial charge in [0.25, 0.3) is 5.91 Å². The van der Waals surface area contributed by atoms with E-state index < -0.39 is 0 Å². The zero-order chi connectivity index (χ0) is 19.3. The number of amides is 3. The van der Waals surface area contributed by atoms with Crippen molar-refractivity contribution in [2.75, 3.05) is 26.2 Å². The van der Waals surface area contributed by atoms with Gasteiger partial charge in [-0.05, 0) is 37.1 Å². The molecule has 1 aromatic carbocycles. The normalized spacial score (nSPS) is 17.6. The molecule has 0 radical (unpaired) electrons. The van der Waals surface area contributed by atoms with E-state index in [-0.39, 0.29) is 11.9 Å². The van der Waals surface area contributed by atoms with Gasteiger partial charge in [-0.3, -0.25) is 9.78 Å². The number of nitrogens with one attached hydrogen (secondary N) is 1. The predicted molar refractivity (Wildman–Crippen MR) is 108 cm³/mol. The standard InChI is InChI=1S/C22H26N4O2/c27-21(18-7-5-6-17(16-18)20-10-3-4-11-23-20)25-12-14-26(15-13-25)22(28)24-19-8-1-2-9-19/h3-7,10-11,16,19H,1-2,8-9,12-15H2,(H,24,28). The van der Waals surface area contributed by atoms with Gasteiger partial charge in [0.15, 0.2) is 0 Å². The summed E-state index contributed by atoms with van der Waals surface area (Å²) in [5.41, 5.74) is 2.44. The lowest BCUT2D eigenvalue weighted by Crippen LogP contribution is -2.54. The molecule has 1 aliphatic carbocycles. The molecule has 1 aromatic heterocycles. The average molecular weight is 378 g/mol. The van der Waals surface area contributed by atoms with Crippen LogP contribution in [0.5, 0.6) is 0 Å². The second-order valence-corrected chi connectivity index (χ2v) is 7.51. The lowest BCUT2D eigenvalue weighted by molar-refractivity contribution is 0.0663. The third kappa shape index (κ3) is 4.16. The van der Waals surface area contributed by atoms with Crippen molar-refractivity contribution in [3.8, 4) is 11.3 Å². The van der Waals surface area contributed by atoms with Gasteiger partial charge in [-0.2, -0.15) is 0 Å². The highest BCUT2D eigenvalue weighted by Crippen LogP contribution is 2.20. The Morgan fingerprint density at radius 1 is 0.929 bits per heavy atom. The first-order valence-corrected chi connectivity index (χ1v) is 10.1. The largest absolute Gasteiger partial charge is 0.335 e. The second-order valence-electron chi connectivity index (χ2n) is 7.51. The van der Waals surface area contributed by atoms with Crippen LogP contribution < -0.4 is 5.32 Å². The molecule has 0 spiro atoms. The maximum absolute atomic E-state index is 12.9. The molecule has 4 rings (SSSR count). The summed E-state index contributed by atoms with van der Waals surface area (Å²) in [4.78, 5) is 33.3. The molecule has 2 aromatic rings. The molecular formula is C22H26N4O2. The summed E-state index contributed by atoms with van der Waals surface area (Å²) < 4.78 is 0. The number of nitrogens with zero attached hydrogens (tertiary/aromatic N) is 3. The first-order valence-electron chi connectivity index (χ1n) is 10.1. The van der Waals surface area contributed by atoms with Crippen molar-refractivity contribution in [2.45, 2.75) is 31.7 Å². The van der Waals surface area contributed by atoms with Crippen LogP contribution in [-0.4, -0.2) is 58.9 Å². The Kier molecular flexibility index (Phi) is 5.55. The highest BCUT2D eigenvalue weighted by atomic mass is 16.2. The van der Waals surface area contributed by atoms with Crippen LogP contribution in [0, 0.1) is 0 Å². The molecule has 2 aliphatic rings. The van der Waals surface area contributed by atoms with Gasteiger partial charge in [0.05, 0.1) is 5.69 Å². The molecule has 1 saturated carbocycles. The number of hydrogen-bond acceptors (Lipinski definition) is 3. The average Bonchev–Trinajstić information content (AvgIpc) is 3.27. The van der Waals surface area contributed by atoms with Crippen LogP contribution in [0.3, 0.4) is 0 Å². The van der Waals surface area contributed by atoms with Gasteiger partial charge in [0.2, 0.25) is 0 Å². The third-order valence-corrected chi connectivity index (χ3v) is 5.61. The Balaban J connectivity index is 1.36. The van der Waals surface area contributed by atoms with E-state index in [0.717, 1.165) is 24.1 Å². The van der Waals surface area contributed by atoms with E-state index >= 15 is 0 Å². The molecule has 1 aliphatic heterocycles. The summed E-state index contributed by atoms with van der Waals surface area (Å²) in [6.07, 6.45) is 6.31. The van der Waals surface area contributed by atoms with Crippen molar-refractivity contribution < 1.29 is 9.59 Å². The van der Waals surface area contributed by atoms with Crippen molar-refractivity contribution in [3.05, 3.63) is 54.2 Å². The fourth-order valence-corrected chi connectivity index (χ4v) is 3.98. The van der Waals surface area contributed by atoms with Crippen molar-refractivity contribution in [1.29, 1.82) is 0 Å². The van der Waals surface area contributed by atoms with Crippen LogP contribution in [0.25, 0.3) is 11.3 Å². The van der Waals surface area contributed by atoms with E-state index in [1.54, 1.807) is 6.20 Å². The minimum Gasteiger partial charge on any atom is -0.335 e. The number of pyridine rings is 1. The minimum atomic E-state index is 0.00799. The number of aromatic nitrogens is 1. The van der Waals surface area contributed by atoms with Crippen LogP contribution in [0.2, 0.25) is 0 Å². The smallest absolute Gasteiger partial charge is 0.317 e. The highest BCUT2D eigenvalue weighted by Gasteiger charge is 2.26. The summed E-state index contributed by atoms with van der Waals surface area (Å²) in [7, 11) is 0. The SMILES string of the molecule is O=C(NC1CCCC1)N1CCN(C(=O)c2cccc(-c3ccccn3)c2)CC1. The van der Waals surface area contributed by atoms with Gasteiger partial charge in [-0.25, -0.2) is 4.79 Å². The van der Waals surface area contributed by atoms with Gasteiger partial charge in [0, 0.05) is 49.5 Å². The molecule has 1 N–H and O–H groups in total. The quantitative estimate of drug-likeness (QED) is 0.892. The fraction of sp³-hybridized carbons (Fsp3) is 0.409.